The monoisotopic (exact) mass is 254 g/mol. The van der Waals surface area contributed by atoms with Gasteiger partial charge in [0.05, 0.1) is 6.61 Å². The molecule has 2 fully saturated rings. The number of ether oxygens (including phenoxy) is 1. The SMILES string of the molecule is CCOCC(C(C)C)N1C2CCC1CC(NC)C2. The number of nitrogens with one attached hydrogen (secondary N) is 1. The van der Waals surface area contributed by atoms with E-state index in [-0.39, 0.29) is 0 Å². The van der Waals surface area contributed by atoms with Gasteiger partial charge in [-0.2, -0.15) is 0 Å². The Morgan fingerprint density at radius 2 is 1.83 bits per heavy atom. The Hall–Kier alpha value is -0.120. The van der Waals surface area contributed by atoms with E-state index in [0.29, 0.717) is 12.0 Å². The molecule has 2 aliphatic rings. The molecule has 0 aliphatic carbocycles. The Labute approximate surface area is 112 Å². The summed E-state index contributed by atoms with van der Waals surface area (Å²) in [5.74, 6) is 0.686. The first-order chi connectivity index (χ1) is 8.67. The zero-order valence-electron chi connectivity index (χ0n) is 12.5. The van der Waals surface area contributed by atoms with Gasteiger partial charge in [0.25, 0.3) is 0 Å². The molecule has 0 radical (unpaired) electrons. The summed E-state index contributed by atoms with van der Waals surface area (Å²) in [7, 11) is 2.11. The minimum absolute atomic E-state index is 0.611. The maximum absolute atomic E-state index is 5.73. The van der Waals surface area contributed by atoms with Crippen LogP contribution in [-0.2, 0) is 4.74 Å². The third-order valence-electron chi connectivity index (χ3n) is 4.84. The molecular formula is C15H30N2O. The first kappa shape index (κ1) is 14.3. The van der Waals surface area contributed by atoms with Crippen molar-refractivity contribution in [2.45, 2.75) is 70.6 Å². The van der Waals surface area contributed by atoms with Crippen LogP contribution in [0.4, 0.5) is 0 Å². The molecular weight excluding hydrogens is 224 g/mol. The van der Waals surface area contributed by atoms with Crippen LogP contribution in [0.1, 0.15) is 46.5 Å². The Kier molecular flexibility index (Phi) is 5.05. The summed E-state index contributed by atoms with van der Waals surface area (Å²) in [6.07, 6.45) is 5.42. The van der Waals surface area contributed by atoms with Gasteiger partial charge in [-0.3, -0.25) is 4.90 Å². The van der Waals surface area contributed by atoms with Crippen molar-refractivity contribution in [3.8, 4) is 0 Å². The number of hydrogen-bond donors (Lipinski definition) is 1. The molecule has 2 bridgehead atoms. The highest BCUT2D eigenvalue weighted by Gasteiger charge is 2.44. The van der Waals surface area contributed by atoms with Gasteiger partial charge in [0.15, 0.2) is 0 Å². The second kappa shape index (κ2) is 6.36. The van der Waals surface area contributed by atoms with Crippen LogP contribution in [0, 0.1) is 5.92 Å². The Balaban J connectivity index is 2.02. The molecule has 2 rings (SSSR count). The summed E-state index contributed by atoms with van der Waals surface area (Å²) in [5.41, 5.74) is 0. The maximum atomic E-state index is 5.73. The minimum Gasteiger partial charge on any atom is -0.380 e. The summed E-state index contributed by atoms with van der Waals surface area (Å²) >= 11 is 0. The molecule has 106 valence electrons. The zero-order chi connectivity index (χ0) is 13.1. The number of hydrogen-bond acceptors (Lipinski definition) is 3. The molecule has 0 aromatic heterocycles. The highest BCUT2D eigenvalue weighted by molar-refractivity contribution is 5.00. The summed E-state index contributed by atoms with van der Waals surface area (Å²) in [6, 6.07) is 2.92. The number of nitrogens with zero attached hydrogens (tertiary/aromatic N) is 1. The fourth-order valence-corrected chi connectivity index (χ4v) is 3.85. The van der Waals surface area contributed by atoms with Crippen molar-refractivity contribution in [2.24, 2.45) is 5.92 Å². The summed E-state index contributed by atoms with van der Waals surface area (Å²) in [6.45, 7) is 8.52. The van der Waals surface area contributed by atoms with Gasteiger partial charge >= 0.3 is 0 Å². The minimum atomic E-state index is 0.611. The molecule has 1 N–H and O–H groups in total. The van der Waals surface area contributed by atoms with Crippen LogP contribution in [0.3, 0.4) is 0 Å². The van der Waals surface area contributed by atoms with Gasteiger partial charge < -0.3 is 10.1 Å². The van der Waals surface area contributed by atoms with Crippen LogP contribution in [0.5, 0.6) is 0 Å². The van der Waals surface area contributed by atoms with Crippen molar-refractivity contribution < 1.29 is 4.74 Å². The van der Waals surface area contributed by atoms with E-state index in [4.69, 9.17) is 4.74 Å². The van der Waals surface area contributed by atoms with Gasteiger partial charge in [0.2, 0.25) is 0 Å². The molecule has 0 amide bonds. The lowest BCUT2D eigenvalue weighted by Gasteiger charge is -2.45. The molecule has 0 spiro atoms. The van der Waals surface area contributed by atoms with Crippen LogP contribution in [0.25, 0.3) is 0 Å². The lowest BCUT2D eigenvalue weighted by atomic mass is 9.92. The molecule has 0 aromatic carbocycles. The third kappa shape index (κ3) is 2.89. The molecule has 2 saturated heterocycles. The smallest absolute Gasteiger partial charge is 0.0624 e. The van der Waals surface area contributed by atoms with Gasteiger partial charge in [0.1, 0.15) is 0 Å². The molecule has 2 heterocycles. The summed E-state index contributed by atoms with van der Waals surface area (Å²) in [4.78, 5) is 2.80. The number of piperidine rings is 1. The largest absolute Gasteiger partial charge is 0.380 e. The van der Waals surface area contributed by atoms with Crippen molar-refractivity contribution in [3.63, 3.8) is 0 Å². The normalized spacial score (nSPS) is 34.2. The van der Waals surface area contributed by atoms with Crippen molar-refractivity contribution in [3.05, 3.63) is 0 Å². The fraction of sp³-hybridized carbons (Fsp3) is 1.00. The first-order valence-electron chi connectivity index (χ1n) is 7.69. The van der Waals surface area contributed by atoms with Crippen molar-refractivity contribution in [1.82, 2.24) is 10.2 Å². The molecule has 0 saturated carbocycles. The lowest BCUT2D eigenvalue weighted by Crippen LogP contribution is -2.55. The molecule has 3 atom stereocenters. The van der Waals surface area contributed by atoms with Crippen LogP contribution in [0.15, 0.2) is 0 Å². The molecule has 3 heteroatoms. The van der Waals surface area contributed by atoms with E-state index >= 15 is 0 Å². The standard InChI is InChI=1S/C15H30N2O/c1-5-18-10-15(11(2)3)17-13-6-7-14(17)9-12(8-13)16-4/h11-16H,5-10H2,1-4H3. The topological polar surface area (TPSA) is 24.5 Å². The molecule has 0 aromatic rings. The van der Waals surface area contributed by atoms with Crippen LogP contribution in [-0.4, -0.2) is 49.3 Å². The molecule has 2 aliphatic heterocycles. The highest BCUT2D eigenvalue weighted by Crippen LogP contribution is 2.38. The summed E-state index contributed by atoms with van der Waals surface area (Å²) < 4.78 is 5.73. The van der Waals surface area contributed by atoms with E-state index in [1.807, 2.05) is 0 Å². The Morgan fingerprint density at radius 1 is 1.22 bits per heavy atom. The van der Waals surface area contributed by atoms with E-state index < -0.39 is 0 Å². The van der Waals surface area contributed by atoms with Gasteiger partial charge in [-0.25, -0.2) is 0 Å². The van der Waals surface area contributed by atoms with E-state index in [1.54, 1.807) is 0 Å². The average molecular weight is 254 g/mol. The van der Waals surface area contributed by atoms with Gasteiger partial charge in [-0.05, 0) is 45.6 Å². The number of fused-ring (bicyclic) bond motifs is 2. The maximum Gasteiger partial charge on any atom is 0.0624 e. The predicted octanol–water partition coefficient (Wildman–Crippen LogP) is 2.26. The van der Waals surface area contributed by atoms with Crippen molar-refractivity contribution >= 4 is 0 Å². The zero-order valence-corrected chi connectivity index (χ0v) is 12.5. The van der Waals surface area contributed by atoms with Crippen LogP contribution in [0.2, 0.25) is 0 Å². The highest BCUT2D eigenvalue weighted by atomic mass is 16.5. The average Bonchev–Trinajstić information content (AvgIpc) is 2.61. The second-order valence-corrected chi connectivity index (χ2v) is 6.26. The van der Waals surface area contributed by atoms with Crippen molar-refractivity contribution in [1.29, 1.82) is 0 Å². The van der Waals surface area contributed by atoms with E-state index in [9.17, 15) is 0 Å². The third-order valence-corrected chi connectivity index (χ3v) is 4.84. The lowest BCUT2D eigenvalue weighted by molar-refractivity contribution is -0.00490. The van der Waals surface area contributed by atoms with Crippen LogP contribution < -0.4 is 5.32 Å². The second-order valence-electron chi connectivity index (χ2n) is 6.26. The fourth-order valence-electron chi connectivity index (χ4n) is 3.85. The Morgan fingerprint density at radius 3 is 2.28 bits per heavy atom. The molecule has 3 nitrogen and oxygen atoms in total. The molecule has 18 heavy (non-hydrogen) atoms. The first-order valence-corrected chi connectivity index (χ1v) is 7.69. The van der Waals surface area contributed by atoms with E-state index in [1.165, 1.54) is 25.7 Å². The summed E-state index contributed by atoms with van der Waals surface area (Å²) in [5, 5.41) is 3.48. The van der Waals surface area contributed by atoms with E-state index in [0.717, 1.165) is 31.3 Å². The predicted molar refractivity (Wildman–Crippen MR) is 75.8 cm³/mol. The Bertz CT molecular complexity index is 243. The van der Waals surface area contributed by atoms with Gasteiger partial charge in [0, 0.05) is 30.8 Å². The van der Waals surface area contributed by atoms with Crippen molar-refractivity contribution in [2.75, 3.05) is 20.3 Å². The van der Waals surface area contributed by atoms with Crippen LogP contribution >= 0.6 is 0 Å². The van der Waals surface area contributed by atoms with E-state index in [2.05, 4.69) is 38.0 Å². The number of rotatable bonds is 6. The van der Waals surface area contributed by atoms with Gasteiger partial charge in [-0.1, -0.05) is 13.8 Å². The van der Waals surface area contributed by atoms with Gasteiger partial charge in [-0.15, -0.1) is 0 Å². The molecule has 3 unspecified atom stereocenters. The quantitative estimate of drug-likeness (QED) is 0.787.